The largest absolute Gasteiger partial charge is 0.491 e. The van der Waals surface area contributed by atoms with E-state index in [1.54, 1.807) is 12.1 Å². The Morgan fingerprint density at radius 2 is 1.65 bits per heavy atom. The number of hydrogen-bond donors (Lipinski definition) is 0. The number of ether oxygens (including phenoxy) is 3. The van der Waals surface area contributed by atoms with E-state index in [0.29, 0.717) is 18.3 Å². The Balaban J connectivity index is 1.45. The summed E-state index contributed by atoms with van der Waals surface area (Å²) < 4.78 is 31.0. The zero-order chi connectivity index (χ0) is 18.0. The van der Waals surface area contributed by atoms with Gasteiger partial charge in [-0.25, -0.2) is 4.39 Å². The number of halogens is 1. The van der Waals surface area contributed by atoms with Gasteiger partial charge in [0, 0.05) is 12.8 Å². The summed E-state index contributed by atoms with van der Waals surface area (Å²) in [7, 11) is 0. The van der Waals surface area contributed by atoms with Gasteiger partial charge >= 0.3 is 0 Å². The van der Waals surface area contributed by atoms with Crippen LogP contribution in [0.3, 0.4) is 0 Å². The Labute approximate surface area is 154 Å². The molecule has 2 aliphatic rings. The Hall–Kier alpha value is -1.91. The van der Waals surface area contributed by atoms with Crippen molar-refractivity contribution in [3.8, 4) is 16.9 Å². The molecule has 2 aromatic carbocycles. The van der Waals surface area contributed by atoms with Gasteiger partial charge in [0.05, 0.1) is 19.8 Å². The van der Waals surface area contributed by atoms with Crippen LogP contribution in [0.1, 0.15) is 44.1 Å². The summed E-state index contributed by atoms with van der Waals surface area (Å²) >= 11 is 0. The molecular formula is C22H25FO3. The molecule has 2 fully saturated rings. The van der Waals surface area contributed by atoms with E-state index in [1.807, 2.05) is 13.0 Å². The molecule has 0 aromatic heterocycles. The first-order chi connectivity index (χ1) is 12.7. The topological polar surface area (TPSA) is 27.7 Å². The van der Waals surface area contributed by atoms with Crippen LogP contribution >= 0.6 is 0 Å². The summed E-state index contributed by atoms with van der Waals surface area (Å²) in [6.07, 6.45) is 4.08. The molecule has 4 heteroatoms. The van der Waals surface area contributed by atoms with E-state index in [1.165, 1.54) is 5.56 Å². The molecule has 1 heterocycles. The van der Waals surface area contributed by atoms with Crippen LogP contribution in [0.15, 0.2) is 42.5 Å². The van der Waals surface area contributed by atoms with E-state index >= 15 is 0 Å². The van der Waals surface area contributed by atoms with Gasteiger partial charge in [-0.15, -0.1) is 0 Å². The highest BCUT2D eigenvalue weighted by Gasteiger charge is 2.40. The van der Waals surface area contributed by atoms with Gasteiger partial charge in [0.15, 0.2) is 17.4 Å². The highest BCUT2D eigenvalue weighted by atomic mass is 19.1. The van der Waals surface area contributed by atoms with Crippen molar-refractivity contribution in [1.29, 1.82) is 0 Å². The van der Waals surface area contributed by atoms with Gasteiger partial charge < -0.3 is 14.2 Å². The lowest BCUT2D eigenvalue weighted by Crippen LogP contribution is -2.34. The van der Waals surface area contributed by atoms with Gasteiger partial charge in [-0.05, 0) is 54.5 Å². The molecule has 26 heavy (non-hydrogen) atoms. The molecule has 0 atom stereocenters. The smallest absolute Gasteiger partial charge is 0.168 e. The lowest BCUT2D eigenvalue weighted by atomic mass is 9.80. The van der Waals surface area contributed by atoms with Gasteiger partial charge in [-0.2, -0.15) is 0 Å². The van der Waals surface area contributed by atoms with Crippen LogP contribution in [0.25, 0.3) is 11.1 Å². The number of hydrogen-bond acceptors (Lipinski definition) is 3. The summed E-state index contributed by atoms with van der Waals surface area (Å²) in [6.45, 7) is 3.75. The second kappa shape index (κ2) is 7.37. The van der Waals surface area contributed by atoms with Gasteiger partial charge in [-0.1, -0.05) is 30.3 Å². The van der Waals surface area contributed by atoms with Crippen LogP contribution in [0, 0.1) is 5.82 Å². The van der Waals surface area contributed by atoms with E-state index in [4.69, 9.17) is 14.2 Å². The van der Waals surface area contributed by atoms with E-state index in [9.17, 15) is 4.39 Å². The van der Waals surface area contributed by atoms with Gasteiger partial charge in [0.2, 0.25) is 0 Å². The summed E-state index contributed by atoms with van der Waals surface area (Å²) in [4.78, 5) is 0. The second-order valence-electron chi connectivity index (χ2n) is 7.08. The minimum Gasteiger partial charge on any atom is -0.491 e. The second-order valence-corrected chi connectivity index (χ2v) is 7.08. The van der Waals surface area contributed by atoms with Crippen LogP contribution in [-0.2, 0) is 9.47 Å². The SMILES string of the molecule is CCOc1ccc(-c2ccc(C3CCC4(CC3)OCCO4)cc2)cc1F. The van der Waals surface area contributed by atoms with E-state index in [2.05, 4.69) is 24.3 Å². The molecule has 0 N–H and O–H groups in total. The molecule has 1 saturated carbocycles. The monoisotopic (exact) mass is 356 g/mol. The van der Waals surface area contributed by atoms with Crippen molar-refractivity contribution in [3.05, 3.63) is 53.8 Å². The fourth-order valence-corrected chi connectivity index (χ4v) is 4.08. The molecule has 0 radical (unpaired) electrons. The normalized spacial score (nSPS) is 19.8. The lowest BCUT2D eigenvalue weighted by molar-refractivity contribution is -0.178. The van der Waals surface area contributed by atoms with E-state index in [-0.39, 0.29) is 11.6 Å². The third-order valence-electron chi connectivity index (χ3n) is 5.51. The zero-order valence-corrected chi connectivity index (χ0v) is 15.2. The van der Waals surface area contributed by atoms with Crippen molar-refractivity contribution in [3.63, 3.8) is 0 Å². The highest BCUT2D eigenvalue weighted by Crippen LogP contribution is 2.42. The predicted molar refractivity (Wildman–Crippen MR) is 98.8 cm³/mol. The molecule has 4 rings (SSSR count). The van der Waals surface area contributed by atoms with Crippen molar-refractivity contribution < 1.29 is 18.6 Å². The molecule has 0 amide bonds. The maximum atomic E-state index is 14.1. The maximum Gasteiger partial charge on any atom is 0.168 e. The van der Waals surface area contributed by atoms with Crippen molar-refractivity contribution in [2.75, 3.05) is 19.8 Å². The van der Waals surface area contributed by atoms with Gasteiger partial charge in [0.1, 0.15) is 0 Å². The van der Waals surface area contributed by atoms with Gasteiger partial charge in [0.25, 0.3) is 0 Å². The molecule has 0 unspecified atom stereocenters. The number of benzene rings is 2. The first-order valence-corrected chi connectivity index (χ1v) is 9.50. The molecule has 1 aliphatic heterocycles. The van der Waals surface area contributed by atoms with Crippen molar-refractivity contribution in [2.45, 2.75) is 44.3 Å². The molecular weight excluding hydrogens is 331 g/mol. The highest BCUT2D eigenvalue weighted by molar-refractivity contribution is 5.64. The molecule has 1 saturated heterocycles. The zero-order valence-electron chi connectivity index (χ0n) is 15.2. The van der Waals surface area contributed by atoms with Crippen LogP contribution in [0.2, 0.25) is 0 Å². The van der Waals surface area contributed by atoms with Crippen molar-refractivity contribution in [2.24, 2.45) is 0 Å². The Bertz CT molecular complexity index is 740. The average molecular weight is 356 g/mol. The Morgan fingerprint density at radius 1 is 1.00 bits per heavy atom. The summed E-state index contributed by atoms with van der Waals surface area (Å²) in [6, 6.07) is 13.6. The Morgan fingerprint density at radius 3 is 2.27 bits per heavy atom. The molecule has 1 aliphatic carbocycles. The molecule has 138 valence electrons. The summed E-state index contributed by atoms with van der Waals surface area (Å²) in [5, 5.41) is 0. The van der Waals surface area contributed by atoms with E-state index < -0.39 is 0 Å². The van der Waals surface area contributed by atoms with Crippen molar-refractivity contribution in [1.82, 2.24) is 0 Å². The van der Waals surface area contributed by atoms with Crippen LogP contribution in [0.5, 0.6) is 5.75 Å². The predicted octanol–water partition coefficient (Wildman–Crippen LogP) is 5.29. The quantitative estimate of drug-likeness (QED) is 0.745. The lowest BCUT2D eigenvalue weighted by Gasteiger charge is -2.35. The Kier molecular flexibility index (Phi) is 4.96. The van der Waals surface area contributed by atoms with Crippen LogP contribution in [0.4, 0.5) is 4.39 Å². The first kappa shape index (κ1) is 17.5. The minimum atomic E-state index is -0.317. The fourth-order valence-electron chi connectivity index (χ4n) is 4.08. The maximum absolute atomic E-state index is 14.1. The molecule has 2 aromatic rings. The van der Waals surface area contributed by atoms with Gasteiger partial charge in [-0.3, -0.25) is 0 Å². The average Bonchev–Trinajstić information content (AvgIpc) is 3.12. The summed E-state index contributed by atoms with van der Waals surface area (Å²) in [5.74, 6) is 0.221. The third kappa shape index (κ3) is 3.49. The first-order valence-electron chi connectivity index (χ1n) is 9.50. The third-order valence-corrected chi connectivity index (χ3v) is 5.51. The molecule has 0 bridgehead atoms. The number of rotatable bonds is 4. The fraction of sp³-hybridized carbons (Fsp3) is 0.455. The minimum absolute atomic E-state index is 0.306. The summed E-state index contributed by atoms with van der Waals surface area (Å²) in [5.41, 5.74) is 3.23. The standard InChI is InChI=1S/C22H25FO3/c1-2-24-21-8-7-19(15-20(21)23)17-5-3-16(4-6-17)18-9-11-22(12-10-18)25-13-14-26-22/h3-8,15,18H,2,9-14H2,1H3. The van der Waals surface area contributed by atoms with Crippen LogP contribution < -0.4 is 4.74 Å². The van der Waals surface area contributed by atoms with Crippen molar-refractivity contribution >= 4 is 0 Å². The molecule has 1 spiro atoms. The molecule has 3 nitrogen and oxygen atoms in total. The van der Waals surface area contributed by atoms with Crippen LogP contribution in [-0.4, -0.2) is 25.6 Å². The van der Waals surface area contributed by atoms with E-state index in [0.717, 1.165) is 50.0 Å².